The average Bonchev–Trinajstić information content (AvgIpc) is 2.66. The molecule has 0 fully saturated rings. The summed E-state index contributed by atoms with van der Waals surface area (Å²) < 4.78 is 0. The maximum absolute atomic E-state index is 2.43. The SMILES string of the molecule is CCCc1ccc(Pc2cccc3ccccc23)c(CCC)c1CCC. The molecular weight excluding hydrogens is 331 g/mol. The minimum Gasteiger partial charge on any atom is -0.0651 e. The molecule has 0 nitrogen and oxygen atoms in total. The van der Waals surface area contributed by atoms with Gasteiger partial charge in [-0.2, -0.15) is 0 Å². The van der Waals surface area contributed by atoms with E-state index in [0.717, 1.165) is 8.58 Å². The Balaban J connectivity index is 2.07. The maximum Gasteiger partial charge on any atom is -0.0106 e. The molecule has 3 aromatic carbocycles. The van der Waals surface area contributed by atoms with Crippen molar-refractivity contribution in [3.05, 3.63) is 71.3 Å². The molecule has 0 aliphatic rings. The monoisotopic (exact) mass is 362 g/mol. The largest absolute Gasteiger partial charge is 0.0651 e. The number of hydrogen-bond acceptors (Lipinski definition) is 0. The van der Waals surface area contributed by atoms with Crippen molar-refractivity contribution in [2.75, 3.05) is 0 Å². The summed E-state index contributed by atoms with van der Waals surface area (Å²) in [5.74, 6) is 0. The lowest BCUT2D eigenvalue weighted by Gasteiger charge is -2.19. The lowest BCUT2D eigenvalue weighted by molar-refractivity contribution is 0.829. The summed E-state index contributed by atoms with van der Waals surface area (Å²) in [4.78, 5) is 0. The minimum absolute atomic E-state index is 0.738. The molecule has 0 saturated carbocycles. The van der Waals surface area contributed by atoms with E-state index in [-0.39, 0.29) is 0 Å². The summed E-state index contributed by atoms with van der Waals surface area (Å²) in [7, 11) is 0.738. The molecule has 0 spiro atoms. The second kappa shape index (κ2) is 9.33. The maximum atomic E-state index is 2.43. The quantitative estimate of drug-likeness (QED) is 0.411. The first-order valence-corrected chi connectivity index (χ1v) is 11.2. The molecule has 3 aromatic rings. The molecule has 1 atom stereocenters. The molecule has 0 amide bonds. The van der Waals surface area contributed by atoms with Gasteiger partial charge in [-0.15, -0.1) is 0 Å². The first-order chi connectivity index (χ1) is 12.8. The van der Waals surface area contributed by atoms with Gasteiger partial charge in [0.2, 0.25) is 0 Å². The fourth-order valence-electron chi connectivity index (χ4n) is 3.94. The van der Waals surface area contributed by atoms with Crippen LogP contribution in [0.15, 0.2) is 54.6 Å². The molecule has 0 aliphatic heterocycles. The molecule has 3 rings (SSSR count). The van der Waals surface area contributed by atoms with E-state index in [4.69, 9.17) is 0 Å². The van der Waals surface area contributed by atoms with Crippen molar-refractivity contribution in [1.82, 2.24) is 0 Å². The van der Waals surface area contributed by atoms with Crippen LogP contribution in [0.2, 0.25) is 0 Å². The van der Waals surface area contributed by atoms with Gasteiger partial charge in [-0.05, 0) is 57.3 Å². The van der Waals surface area contributed by atoms with Crippen LogP contribution in [0.5, 0.6) is 0 Å². The van der Waals surface area contributed by atoms with Gasteiger partial charge in [0.25, 0.3) is 0 Å². The predicted molar refractivity (Wildman–Crippen MR) is 120 cm³/mol. The number of aryl methyl sites for hydroxylation is 1. The third kappa shape index (κ3) is 4.18. The summed E-state index contributed by atoms with van der Waals surface area (Å²) in [5.41, 5.74) is 4.89. The number of fused-ring (bicyclic) bond motifs is 1. The fourth-order valence-corrected chi connectivity index (χ4v) is 5.36. The zero-order chi connectivity index (χ0) is 18.4. The van der Waals surface area contributed by atoms with Crippen molar-refractivity contribution in [2.24, 2.45) is 0 Å². The van der Waals surface area contributed by atoms with Gasteiger partial charge < -0.3 is 0 Å². The second-order valence-electron chi connectivity index (χ2n) is 7.13. The summed E-state index contributed by atoms with van der Waals surface area (Å²) in [5, 5.41) is 5.80. The van der Waals surface area contributed by atoms with E-state index in [1.807, 2.05) is 0 Å². The smallest absolute Gasteiger partial charge is 0.0106 e. The average molecular weight is 362 g/mol. The van der Waals surface area contributed by atoms with Crippen molar-refractivity contribution in [3.8, 4) is 0 Å². The highest BCUT2D eigenvalue weighted by molar-refractivity contribution is 7.56. The lowest BCUT2D eigenvalue weighted by Crippen LogP contribution is -2.15. The first kappa shape index (κ1) is 19.1. The van der Waals surface area contributed by atoms with Crippen LogP contribution in [-0.2, 0) is 19.3 Å². The second-order valence-corrected chi connectivity index (χ2v) is 8.46. The van der Waals surface area contributed by atoms with Gasteiger partial charge in [0.15, 0.2) is 0 Å². The van der Waals surface area contributed by atoms with Crippen LogP contribution in [0.3, 0.4) is 0 Å². The lowest BCUT2D eigenvalue weighted by atomic mass is 9.92. The van der Waals surface area contributed by atoms with Crippen LogP contribution >= 0.6 is 8.58 Å². The van der Waals surface area contributed by atoms with Gasteiger partial charge in [-0.1, -0.05) is 103 Å². The standard InChI is InChI=1S/C25H31P/c1-4-10-19-17-18-25(23(12-6-3)21(19)11-5-2)26-24-16-9-14-20-13-7-8-15-22(20)24/h7-9,13-18,26H,4-6,10-12H2,1-3H3. The highest BCUT2D eigenvalue weighted by Gasteiger charge is 2.13. The summed E-state index contributed by atoms with van der Waals surface area (Å²) in [6.07, 6.45) is 7.32. The minimum atomic E-state index is 0.738. The Labute approximate surface area is 160 Å². The van der Waals surface area contributed by atoms with Crippen LogP contribution in [0, 0.1) is 0 Å². The van der Waals surface area contributed by atoms with E-state index in [1.165, 1.54) is 54.6 Å². The van der Waals surface area contributed by atoms with Crippen molar-refractivity contribution in [2.45, 2.75) is 59.3 Å². The van der Waals surface area contributed by atoms with Gasteiger partial charge in [-0.3, -0.25) is 0 Å². The molecule has 1 heteroatoms. The molecule has 0 N–H and O–H groups in total. The number of benzene rings is 3. The number of hydrogen-bond donors (Lipinski definition) is 0. The van der Waals surface area contributed by atoms with E-state index in [2.05, 4.69) is 75.4 Å². The Hall–Kier alpha value is -1.65. The summed E-state index contributed by atoms with van der Waals surface area (Å²) in [6, 6.07) is 20.4. The van der Waals surface area contributed by atoms with Crippen molar-refractivity contribution >= 4 is 30.0 Å². The third-order valence-corrected chi connectivity index (χ3v) is 6.55. The Kier molecular flexibility index (Phi) is 6.86. The molecule has 0 radical (unpaired) electrons. The normalized spacial score (nSPS) is 11.7. The highest BCUT2D eigenvalue weighted by atomic mass is 31.1. The number of rotatable bonds is 8. The topological polar surface area (TPSA) is 0 Å². The van der Waals surface area contributed by atoms with E-state index >= 15 is 0 Å². The Morgan fingerprint density at radius 3 is 2.08 bits per heavy atom. The predicted octanol–water partition coefficient (Wildman–Crippen LogP) is 6.33. The van der Waals surface area contributed by atoms with Gasteiger partial charge in [0, 0.05) is 0 Å². The Morgan fingerprint density at radius 2 is 1.31 bits per heavy atom. The van der Waals surface area contributed by atoms with E-state index < -0.39 is 0 Å². The zero-order valence-electron chi connectivity index (χ0n) is 16.4. The molecule has 0 saturated heterocycles. The third-order valence-electron chi connectivity index (χ3n) is 5.11. The summed E-state index contributed by atoms with van der Waals surface area (Å²) in [6.45, 7) is 6.92. The summed E-state index contributed by atoms with van der Waals surface area (Å²) >= 11 is 0. The van der Waals surface area contributed by atoms with Crippen LogP contribution in [0.25, 0.3) is 10.8 Å². The Morgan fingerprint density at radius 1 is 0.615 bits per heavy atom. The van der Waals surface area contributed by atoms with Crippen LogP contribution in [0.1, 0.15) is 56.7 Å². The molecule has 0 bridgehead atoms. The van der Waals surface area contributed by atoms with Crippen molar-refractivity contribution < 1.29 is 0 Å². The zero-order valence-corrected chi connectivity index (χ0v) is 17.4. The molecule has 136 valence electrons. The van der Waals surface area contributed by atoms with Crippen LogP contribution < -0.4 is 10.6 Å². The van der Waals surface area contributed by atoms with Crippen LogP contribution in [0.4, 0.5) is 0 Å². The van der Waals surface area contributed by atoms with E-state index in [1.54, 1.807) is 22.0 Å². The molecule has 26 heavy (non-hydrogen) atoms. The van der Waals surface area contributed by atoms with Gasteiger partial charge in [0.05, 0.1) is 0 Å². The molecule has 1 unspecified atom stereocenters. The fraction of sp³-hybridized carbons (Fsp3) is 0.360. The highest BCUT2D eigenvalue weighted by Crippen LogP contribution is 2.26. The molecule has 0 aromatic heterocycles. The van der Waals surface area contributed by atoms with Crippen LogP contribution in [-0.4, -0.2) is 0 Å². The molecule has 0 heterocycles. The molecular formula is C25H31P. The van der Waals surface area contributed by atoms with E-state index in [9.17, 15) is 0 Å². The van der Waals surface area contributed by atoms with Gasteiger partial charge >= 0.3 is 0 Å². The molecule has 0 aliphatic carbocycles. The van der Waals surface area contributed by atoms with Gasteiger partial charge in [-0.25, -0.2) is 0 Å². The van der Waals surface area contributed by atoms with Gasteiger partial charge in [0.1, 0.15) is 0 Å². The van der Waals surface area contributed by atoms with E-state index in [0.29, 0.717) is 0 Å². The Bertz CT molecular complexity index is 858. The van der Waals surface area contributed by atoms with Crippen molar-refractivity contribution in [1.29, 1.82) is 0 Å². The van der Waals surface area contributed by atoms with Crippen molar-refractivity contribution in [3.63, 3.8) is 0 Å². The first-order valence-electron chi connectivity index (χ1n) is 10.2.